The zero-order chi connectivity index (χ0) is 15.3. The van der Waals surface area contributed by atoms with Gasteiger partial charge in [-0.05, 0) is 50.3 Å². The summed E-state index contributed by atoms with van der Waals surface area (Å²) >= 11 is 12.6. The molecule has 0 radical (unpaired) electrons. The number of halogens is 2. The van der Waals surface area contributed by atoms with Crippen LogP contribution in [-0.4, -0.2) is 14.6 Å². The van der Waals surface area contributed by atoms with Gasteiger partial charge >= 0.3 is 0 Å². The zero-order valence-electron chi connectivity index (χ0n) is 12.2. The van der Waals surface area contributed by atoms with Crippen molar-refractivity contribution in [2.24, 2.45) is 0 Å². The van der Waals surface area contributed by atoms with E-state index in [0.29, 0.717) is 5.15 Å². The van der Waals surface area contributed by atoms with Gasteiger partial charge in [0, 0.05) is 21.8 Å². The van der Waals surface area contributed by atoms with Crippen molar-refractivity contribution in [1.82, 2.24) is 14.6 Å². The van der Waals surface area contributed by atoms with Gasteiger partial charge in [0.2, 0.25) is 0 Å². The van der Waals surface area contributed by atoms with Gasteiger partial charge in [-0.3, -0.25) is 0 Å². The molecular weight excluding hydrogens is 317 g/mol. The van der Waals surface area contributed by atoms with Gasteiger partial charge in [0.15, 0.2) is 5.65 Å². The van der Waals surface area contributed by atoms with E-state index in [1.807, 2.05) is 31.2 Å². The second-order valence-electron chi connectivity index (χ2n) is 5.74. The van der Waals surface area contributed by atoms with E-state index < -0.39 is 0 Å². The minimum atomic E-state index is 0.711. The van der Waals surface area contributed by atoms with Gasteiger partial charge in [0.25, 0.3) is 0 Å². The van der Waals surface area contributed by atoms with Crippen LogP contribution in [0.3, 0.4) is 0 Å². The molecule has 0 fully saturated rings. The van der Waals surface area contributed by atoms with Crippen LogP contribution >= 0.6 is 23.2 Å². The van der Waals surface area contributed by atoms with Crippen LogP contribution in [0.2, 0.25) is 10.2 Å². The van der Waals surface area contributed by atoms with Crippen molar-refractivity contribution in [2.75, 3.05) is 0 Å². The first kappa shape index (κ1) is 14.0. The second-order valence-corrected chi connectivity index (χ2v) is 6.53. The Morgan fingerprint density at radius 1 is 1.05 bits per heavy atom. The van der Waals surface area contributed by atoms with Crippen LogP contribution in [0.15, 0.2) is 24.3 Å². The summed E-state index contributed by atoms with van der Waals surface area (Å²) < 4.78 is 1.78. The minimum absolute atomic E-state index is 0.711. The van der Waals surface area contributed by atoms with E-state index in [0.717, 1.165) is 51.6 Å². The van der Waals surface area contributed by atoms with Crippen LogP contribution < -0.4 is 0 Å². The van der Waals surface area contributed by atoms with Gasteiger partial charge in [-0.1, -0.05) is 35.3 Å². The largest absolute Gasteiger partial charge is 0.233 e. The molecule has 0 saturated heterocycles. The quantitative estimate of drug-likeness (QED) is 0.594. The van der Waals surface area contributed by atoms with E-state index >= 15 is 0 Å². The maximum Gasteiger partial charge on any atom is 0.165 e. The predicted molar refractivity (Wildman–Crippen MR) is 89.8 cm³/mol. The maximum atomic E-state index is 6.60. The van der Waals surface area contributed by atoms with E-state index in [-0.39, 0.29) is 0 Å². The molecule has 0 atom stereocenters. The Balaban J connectivity index is 2.01. The molecule has 0 spiro atoms. The van der Waals surface area contributed by atoms with E-state index in [2.05, 4.69) is 5.10 Å². The molecule has 22 heavy (non-hydrogen) atoms. The molecule has 5 heteroatoms. The molecule has 4 rings (SSSR count). The summed E-state index contributed by atoms with van der Waals surface area (Å²) in [4.78, 5) is 4.88. The highest BCUT2D eigenvalue weighted by Gasteiger charge is 2.21. The summed E-state index contributed by atoms with van der Waals surface area (Å²) in [6, 6.07) is 7.78. The number of hydrogen-bond acceptors (Lipinski definition) is 2. The third-order valence-corrected chi connectivity index (χ3v) is 4.92. The summed E-state index contributed by atoms with van der Waals surface area (Å²) in [5, 5.41) is 6.04. The Hall–Kier alpha value is -1.58. The van der Waals surface area contributed by atoms with Crippen molar-refractivity contribution in [3.63, 3.8) is 0 Å². The lowest BCUT2D eigenvalue weighted by Gasteiger charge is -2.16. The van der Waals surface area contributed by atoms with Crippen molar-refractivity contribution in [2.45, 2.75) is 32.6 Å². The molecule has 0 bridgehead atoms. The van der Waals surface area contributed by atoms with E-state index in [1.165, 1.54) is 12.8 Å². The predicted octanol–water partition coefficient (Wildman–Crippen LogP) is 4.89. The first-order chi connectivity index (χ1) is 10.6. The molecular formula is C17H15Cl2N3. The van der Waals surface area contributed by atoms with Crippen LogP contribution in [0.4, 0.5) is 0 Å². The van der Waals surface area contributed by atoms with Crippen LogP contribution in [0.5, 0.6) is 0 Å². The highest BCUT2D eigenvalue weighted by atomic mass is 35.5. The molecule has 1 aliphatic rings. The molecule has 0 unspecified atom stereocenters. The highest BCUT2D eigenvalue weighted by molar-refractivity contribution is 6.31. The molecule has 2 heterocycles. The molecule has 1 aliphatic carbocycles. The first-order valence-corrected chi connectivity index (χ1v) is 8.23. The van der Waals surface area contributed by atoms with Crippen molar-refractivity contribution in [1.29, 1.82) is 0 Å². The Kier molecular flexibility index (Phi) is 3.35. The third kappa shape index (κ3) is 2.11. The zero-order valence-corrected chi connectivity index (χ0v) is 13.7. The van der Waals surface area contributed by atoms with Gasteiger partial charge in [0.05, 0.1) is 5.69 Å². The van der Waals surface area contributed by atoms with Gasteiger partial charge in [0.1, 0.15) is 5.15 Å². The van der Waals surface area contributed by atoms with E-state index in [4.69, 9.17) is 28.2 Å². The Morgan fingerprint density at radius 3 is 2.55 bits per heavy atom. The molecule has 2 aromatic heterocycles. The standard InChI is InChI=1S/C17H15Cl2N3/c1-10-15(11-6-8-12(18)9-7-11)17-20-14-5-3-2-4-13(14)16(19)22(17)21-10/h6-9H,2-5H2,1H3. The Bertz CT molecular complexity index is 866. The van der Waals surface area contributed by atoms with Crippen molar-refractivity contribution in [3.8, 4) is 11.1 Å². The average molecular weight is 332 g/mol. The number of fused-ring (bicyclic) bond motifs is 2. The Morgan fingerprint density at radius 2 is 1.77 bits per heavy atom. The fourth-order valence-corrected chi connectivity index (χ4v) is 3.65. The fraction of sp³-hybridized carbons (Fsp3) is 0.294. The number of benzene rings is 1. The molecule has 0 saturated carbocycles. The Labute approximate surface area is 138 Å². The average Bonchev–Trinajstić information content (AvgIpc) is 2.85. The van der Waals surface area contributed by atoms with Crippen LogP contribution in [-0.2, 0) is 12.8 Å². The number of hydrogen-bond donors (Lipinski definition) is 0. The van der Waals surface area contributed by atoms with Gasteiger partial charge in [-0.15, -0.1) is 0 Å². The number of rotatable bonds is 1. The first-order valence-electron chi connectivity index (χ1n) is 7.47. The van der Waals surface area contributed by atoms with E-state index in [9.17, 15) is 0 Å². The lowest BCUT2D eigenvalue weighted by Crippen LogP contribution is -2.10. The van der Waals surface area contributed by atoms with Crippen LogP contribution in [0.25, 0.3) is 16.8 Å². The van der Waals surface area contributed by atoms with Crippen molar-refractivity contribution < 1.29 is 0 Å². The molecule has 0 aliphatic heterocycles. The summed E-state index contributed by atoms with van der Waals surface area (Å²) in [7, 11) is 0. The van der Waals surface area contributed by atoms with Crippen molar-refractivity contribution in [3.05, 3.63) is 51.4 Å². The summed E-state index contributed by atoms with van der Waals surface area (Å²) in [5.41, 5.74) is 6.15. The topological polar surface area (TPSA) is 30.2 Å². The lowest BCUT2D eigenvalue weighted by molar-refractivity contribution is 0.660. The van der Waals surface area contributed by atoms with Gasteiger partial charge < -0.3 is 0 Å². The second kappa shape index (κ2) is 5.25. The molecule has 0 N–H and O–H groups in total. The minimum Gasteiger partial charge on any atom is -0.233 e. The fourth-order valence-electron chi connectivity index (χ4n) is 3.20. The molecule has 1 aromatic carbocycles. The highest BCUT2D eigenvalue weighted by Crippen LogP contribution is 2.33. The number of aromatic nitrogens is 3. The third-order valence-electron chi connectivity index (χ3n) is 4.28. The summed E-state index contributed by atoms with van der Waals surface area (Å²) in [5.74, 6) is 0. The maximum absolute atomic E-state index is 6.60. The lowest BCUT2D eigenvalue weighted by atomic mass is 9.97. The normalized spacial score (nSPS) is 14.3. The monoisotopic (exact) mass is 331 g/mol. The smallest absolute Gasteiger partial charge is 0.165 e. The molecule has 0 amide bonds. The summed E-state index contributed by atoms with van der Waals surface area (Å²) in [6.45, 7) is 1.99. The SMILES string of the molecule is Cc1nn2c(Cl)c3c(nc2c1-c1ccc(Cl)cc1)CCCC3. The molecule has 3 aromatic rings. The van der Waals surface area contributed by atoms with Crippen LogP contribution in [0.1, 0.15) is 29.8 Å². The number of aryl methyl sites for hydroxylation is 2. The van der Waals surface area contributed by atoms with Gasteiger partial charge in [-0.2, -0.15) is 5.10 Å². The van der Waals surface area contributed by atoms with Crippen molar-refractivity contribution >= 4 is 28.8 Å². The number of nitrogens with zero attached hydrogens (tertiary/aromatic N) is 3. The molecule has 3 nitrogen and oxygen atoms in total. The molecule has 112 valence electrons. The van der Waals surface area contributed by atoms with E-state index in [1.54, 1.807) is 4.52 Å². The van der Waals surface area contributed by atoms with Gasteiger partial charge in [-0.25, -0.2) is 9.50 Å². The van der Waals surface area contributed by atoms with Crippen LogP contribution in [0, 0.1) is 6.92 Å². The summed E-state index contributed by atoms with van der Waals surface area (Å²) in [6.07, 6.45) is 4.34.